The molecule has 9 nitrogen and oxygen atoms in total. The van der Waals surface area contributed by atoms with Gasteiger partial charge < -0.3 is 24.1 Å². The maximum atomic E-state index is 14.6. The van der Waals surface area contributed by atoms with E-state index in [0.717, 1.165) is 44.1 Å². The van der Waals surface area contributed by atoms with Crippen LogP contribution in [0.5, 0.6) is 5.75 Å². The summed E-state index contributed by atoms with van der Waals surface area (Å²) in [6.07, 6.45) is 9.31. The van der Waals surface area contributed by atoms with Gasteiger partial charge in [0.25, 0.3) is 0 Å². The van der Waals surface area contributed by atoms with Gasteiger partial charge >= 0.3 is 5.97 Å². The summed E-state index contributed by atoms with van der Waals surface area (Å²) in [6.45, 7) is 13.0. The van der Waals surface area contributed by atoms with Crippen LogP contribution in [0.3, 0.4) is 0 Å². The summed E-state index contributed by atoms with van der Waals surface area (Å²) in [5.74, 6) is 2.09. The number of ketones is 1. The summed E-state index contributed by atoms with van der Waals surface area (Å²) in [7, 11) is 1.60. The molecular weight excluding hydrogens is 572 g/mol. The molecule has 0 aromatic carbocycles. The minimum atomic E-state index is -0.902. The number of aliphatic hydroxyl groups is 1. The predicted molar refractivity (Wildman–Crippen MR) is 166 cm³/mol. The Morgan fingerprint density at radius 3 is 2.49 bits per heavy atom. The van der Waals surface area contributed by atoms with Gasteiger partial charge in [0.1, 0.15) is 17.8 Å². The highest BCUT2D eigenvalue weighted by Gasteiger charge is 2.81. The van der Waals surface area contributed by atoms with Crippen molar-refractivity contribution in [3.8, 4) is 5.75 Å². The number of esters is 1. The lowest BCUT2D eigenvalue weighted by atomic mass is 9.43. The van der Waals surface area contributed by atoms with Gasteiger partial charge in [-0.2, -0.15) is 0 Å². The Kier molecular flexibility index (Phi) is 7.38. The van der Waals surface area contributed by atoms with Gasteiger partial charge in [-0.3, -0.25) is 4.79 Å². The molecule has 0 amide bonds. The van der Waals surface area contributed by atoms with Gasteiger partial charge in [-0.1, -0.05) is 19.4 Å². The number of ether oxygens (including phenoxy) is 4. The highest BCUT2D eigenvalue weighted by molar-refractivity contribution is 6.24. The van der Waals surface area contributed by atoms with E-state index in [2.05, 4.69) is 23.8 Å². The van der Waals surface area contributed by atoms with Crippen LogP contribution in [0.25, 0.3) is 5.57 Å². The number of rotatable bonds is 7. The molecule has 11 atom stereocenters. The quantitative estimate of drug-likeness (QED) is 0.327. The van der Waals surface area contributed by atoms with E-state index in [1.54, 1.807) is 25.6 Å². The maximum Gasteiger partial charge on any atom is 0.336 e. The Labute approximate surface area is 266 Å². The first-order valence-corrected chi connectivity index (χ1v) is 16.9. The molecule has 3 saturated carbocycles. The number of cyclic esters (lactones) is 1. The van der Waals surface area contributed by atoms with Crippen LogP contribution in [0.4, 0.5) is 0 Å². The van der Waals surface area contributed by atoms with Gasteiger partial charge in [0.2, 0.25) is 0 Å². The number of nitrogens with zero attached hydrogens (tertiary/aromatic N) is 2. The summed E-state index contributed by atoms with van der Waals surface area (Å²) >= 11 is 0. The van der Waals surface area contributed by atoms with E-state index in [0.29, 0.717) is 40.5 Å². The summed E-state index contributed by atoms with van der Waals surface area (Å²) in [4.78, 5) is 36.5. The number of hydrogen-bond acceptors (Lipinski definition) is 9. The number of carbonyl (C=O) groups excluding carboxylic acids is 2. The number of fused-ring (bicyclic) bond motifs is 4. The van der Waals surface area contributed by atoms with E-state index >= 15 is 0 Å². The lowest BCUT2D eigenvalue weighted by Crippen LogP contribution is -2.64. The van der Waals surface area contributed by atoms with Crippen molar-refractivity contribution in [3.63, 3.8) is 0 Å². The first-order valence-electron chi connectivity index (χ1n) is 16.9. The molecule has 1 spiro atoms. The van der Waals surface area contributed by atoms with Crippen LogP contribution in [-0.4, -0.2) is 70.6 Å². The number of aromatic nitrogens is 2. The third-order valence-electron chi connectivity index (χ3n) is 13.1. The first kappa shape index (κ1) is 31.0. The molecule has 1 aromatic heterocycles. The zero-order chi connectivity index (χ0) is 32.1. The van der Waals surface area contributed by atoms with E-state index in [4.69, 9.17) is 18.9 Å². The third kappa shape index (κ3) is 4.36. The van der Waals surface area contributed by atoms with Crippen LogP contribution in [0.15, 0.2) is 29.6 Å². The third-order valence-corrected chi connectivity index (χ3v) is 13.1. The van der Waals surface area contributed by atoms with E-state index in [1.807, 2.05) is 27.7 Å². The number of epoxide rings is 1. The summed E-state index contributed by atoms with van der Waals surface area (Å²) in [5.41, 5.74) is 0.424. The standard InChI is InChI=1S/C36H48N2O7/c1-18(2)43-21-15-37-32(38-16-21)23-13-29(39)36-30(45-36)14-22-26-9-8-25(34(26,5)11-10-27(22)35(36,6)31(23)40)20(4)28-12-19(3)24(17-42-7)33(41)44-28/h13,15-16,18,20,22,25-30,39H,8-12,14,17H2,1-7H3/t20-,22-,25+,26-,27-,28?,29-,30+,34+,35-,36+/m0/s1. The summed E-state index contributed by atoms with van der Waals surface area (Å²) in [5, 5.41) is 11.6. The molecule has 3 heterocycles. The van der Waals surface area contributed by atoms with E-state index < -0.39 is 17.1 Å². The first-order chi connectivity index (χ1) is 21.4. The van der Waals surface area contributed by atoms with Crippen molar-refractivity contribution >= 4 is 17.3 Å². The van der Waals surface area contributed by atoms with Crippen LogP contribution in [0.1, 0.15) is 85.9 Å². The number of carbonyl (C=O) groups is 2. The average Bonchev–Trinajstić information content (AvgIpc) is 3.63. The molecule has 244 valence electrons. The van der Waals surface area contributed by atoms with Crippen molar-refractivity contribution < 1.29 is 33.6 Å². The zero-order valence-corrected chi connectivity index (χ0v) is 27.7. The molecule has 1 aromatic rings. The average molecular weight is 621 g/mol. The number of aliphatic hydroxyl groups excluding tert-OH is 1. The number of hydrogen-bond donors (Lipinski definition) is 1. The second-order valence-corrected chi connectivity index (χ2v) is 15.4. The minimum absolute atomic E-state index is 0.0127. The van der Waals surface area contributed by atoms with Crippen molar-refractivity contribution in [1.29, 1.82) is 0 Å². The number of Topliss-reactive ketones (excluding diaryl/α,β-unsaturated/α-hetero) is 1. The number of methoxy groups -OCH3 is 1. The molecule has 0 bridgehead atoms. The maximum absolute atomic E-state index is 14.6. The van der Waals surface area contributed by atoms with Crippen molar-refractivity contribution in [2.75, 3.05) is 13.7 Å². The summed E-state index contributed by atoms with van der Waals surface area (Å²) < 4.78 is 23.5. The van der Waals surface area contributed by atoms with Crippen molar-refractivity contribution in [2.45, 2.75) is 110 Å². The second-order valence-electron chi connectivity index (χ2n) is 15.4. The van der Waals surface area contributed by atoms with Crippen molar-refractivity contribution in [1.82, 2.24) is 9.97 Å². The SMILES string of the molecule is COCC1=C(C)CC([C@@H](C)[C@H]2CC[C@H]3[C@@H]4C[C@H]5O[C@]56[C@@H](O)C=C(c5ncc(OC(C)C)cn5)C(=O)[C@]6(C)[C@H]4CC[C@]23C)OC1=O. The second kappa shape index (κ2) is 10.7. The Hall–Kier alpha value is -2.62. The van der Waals surface area contributed by atoms with Crippen LogP contribution in [-0.2, 0) is 23.8 Å². The van der Waals surface area contributed by atoms with E-state index in [-0.39, 0.29) is 53.9 Å². The fraction of sp³-hybridized carbons (Fsp3) is 0.722. The molecule has 9 heteroatoms. The van der Waals surface area contributed by atoms with Crippen molar-refractivity contribution in [2.24, 2.45) is 40.4 Å². The Morgan fingerprint density at radius 2 is 1.82 bits per heavy atom. The minimum Gasteiger partial charge on any atom is -0.488 e. The highest BCUT2D eigenvalue weighted by atomic mass is 16.6. The molecule has 6 aliphatic rings. The van der Waals surface area contributed by atoms with Crippen LogP contribution in [0, 0.1) is 40.4 Å². The monoisotopic (exact) mass is 620 g/mol. The van der Waals surface area contributed by atoms with Crippen LogP contribution in [0.2, 0.25) is 0 Å². The Bertz CT molecular complexity index is 1450. The fourth-order valence-electron chi connectivity index (χ4n) is 10.9. The molecule has 1 saturated heterocycles. The largest absolute Gasteiger partial charge is 0.488 e. The van der Waals surface area contributed by atoms with Crippen molar-refractivity contribution in [3.05, 3.63) is 35.4 Å². The lowest BCUT2D eigenvalue weighted by Gasteiger charge is -2.58. The molecule has 2 aliphatic heterocycles. The molecule has 4 aliphatic carbocycles. The molecule has 0 radical (unpaired) electrons. The lowest BCUT2D eigenvalue weighted by molar-refractivity contribution is -0.155. The van der Waals surface area contributed by atoms with Crippen LogP contribution < -0.4 is 4.74 Å². The van der Waals surface area contributed by atoms with Gasteiger partial charge in [-0.25, -0.2) is 14.8 Å². The molecule has 1 N–H and O–H groups in total. The molecule has 4 fully saturated rings. The Morgan fingerprint density at radius 1 is 1.09 bits per heavy atom. The zero-order valence-electron chi connectivity index (χ0n) is 27.7. The van der Waals surface area contributed by atoms with Gasteiger partial charge in [-0.05, 0) is 101 Å². The Balaban J connectivity index is 1.15. The molecule has 45 heavy (non-hydrogen) atoms. The normalized spacial score (nSPS) is 42.7. The van der Waals surface area contributed by atoms with Gasteiger partial charge in [0, 0.05) is 13.5 Å². The van der Waals surface area contributed by atoms with E-state index in [1.165, 1.54) is 0 Å². The smallest absolute Gasteiger partial charge is 0.336 e. The highest BCUT2D eigenvalue weighted by Crippen LogP contribution is 2.73. The molecular formula is C36H48N2O7. The van der Waals surface area contributed by atoms with Gasteiger partial charge in [0.05, 0.1) is 47.8 Å². The van der Waals surface area contributed by atoms with Gasteiger partial charge in [0.15, 0.2) is 17.4 Å². The molecule has 1 unspecified atom stereocenters. The van der Waals surface area contributed by atoms with Gasteiger partial charge in [-0.15, -0.1) is 0 Å². The van der Waals surface area contributed by atoms with Crippen LogP contribution >= 0.6 is 0 Å². The molecule has 7 rings (SSSR count). The summed E-state index contributed by atoms with van der Waals surface area (Å²) in [6, 6.07) is 0. The topological polar surface area (TPSA) is 120 Å². The van der Waals surface area contributed by atoms with E-state index in [9.17, 15) is 14.7 Å². The fourth-order valence-corrected chi connectivity index (χ4v) is 10.9. The number of allylic oxidation sites excluding steroid dienone is 1. The predicted octanol–water partition coefficient (Wildman–Crippen LogP) is 5.11.